The second-order valence-corrected chi connectivity index (χ2v) is 2.88. The summed E-state index contributed by atoms with van der Waals surface area (Å²) in [5.41, 5.74) is 4.96. The summed E-state index contributed by atoms with van der Waals surface area (Å²) in [5.74, 6) is 0.136. The molecule has 0 aromatic heterocycles. The van der Waals surface area contributed by atoms with Gasteiger partial charge in [0.1, 0.15) is 0 Å². The lowest BCUT2D eigenvalue weighted by atomic mass is 9.86. The van der Waals surface area contributed by atoms with Gasteiger partial charge in [0.05, 0.1) is 24.6 Å². The maximum Gasteiger partial charge on any atom is 0.0642 e. The minimum absolute atomic E-state index is 0.127. The lowest BCUT2D eigenvalue weighted by molar-refractivity contribution is 0.158. The molecule has 1 unspecified atom stereocenters. The Morgan fingerprint density at radius 1 is 1.70 bits per heavy atom. The van der Waals surface area contributed by atoms with Crippen molar-refractivity contribution in [2.45, 2.75) is 25.8 Å². The highest BCUT2D eigenvalue weighted by Crippen LogP contribution is 2.16. The predicted octanol–water partition coefficient (Wildman–Crippen LogP) is 0.246. The molecule has 0 rings (SSSR count). The van der Waals surface area contributed by atoms with E-state index in [-0.39, 0.29) is 18.9 Å². The molecule has 0 saturated carbocycles. The Bertz CT molecular complexity index is 139. The van der Waals surface area contributed by atoms with Crippen LogP contribution in [0.15, 0.2) is 0 Å². The van der Waals surface area contributed by atoms with Crippen LogP contribution in [0, 0.1) is 17.2 Å². The number of rotatable bonds is 3. The zero-order valence-electron chi connectivity index (χ0n) is 6.46. The van der Waals surface area contributed by atoms with E-state index in [1.54, 1.807) is 0 Å². The van der Waals surface area contributed by atoms with E-state index in [0.29, 0.717) is 0 Å². The van der Waals surface area contributed by atoms with E-state index in [9.17, 15) is 0 Å². The number of hydrogen-bond donors (Lipinski definition) is 2. The Labute approximate surface area is 61.5 Å². The smallest absolute Gasteiger partial charge is 0.0642 e. The van der Waals surface area contributed by atoms with E-state index in [4.69, 9.17) is 16.1 Å². The molecule has 0 fully saturated rings. The largest absolute Gasteiger partial charge is 0.394 e. The van der Waals surface area contributed by atoms with Crippen molar-refractivity contribution in [3.8, 4) is 6.07 Å². The van der Waals surface area contributed by atoms with Crippen molar-refractivity contribution < 1.29 is 5.11 Å². The molecule has 3 nitrogen and oxygen atoms in total. The summed E-state index contributed by atoms with van der Waals surface area (Å²) in [6, 6.07) is 1.96. The standard InChI is InChI=1S/C7H14N2O/c1-6(2)7(9,5-10)3-4-8/h6,10H,3,5,9H2,1-2H3. The molecule has 0 aromatic rings. The second-order valence-electron chi connectivity index (χ2n) is 2.88. The van der Waals surface area contributed by atoms with Crippen LogP contribution in [-0.2, 0) is 0 Å². The lowest BCUT2D eigenvalue weighted by Crippen LogP contribution is -2.48. The van der Waals surface area contributed by atoms with Crippen LogP contribution in [-0.4, -0.2) is 17.3 Å². The summed E-state index contributed by atoms with van der Waals surface area (Å²) in [6.07, 6.45) is 0.209. The van der Waals surface area contributed by atoms with Gasteiger partial charge in [-0.3, -0.25) is 0 Å². The van der Waals surface area contributed by atoms with E-state index in [0.717, 1.165) is 0 Å². The fraction of sp³-hybridized carbons (Fsp3) is 0.857. The molecule has 0 spiro atoms. The number of hydrogen-bond acceptors (Lipinski definition) is 3. The third kappa shape index (κ3) is 1.98. The maximum absolute atomic E-state index is 8.81. The average molecular weight is 142 g/mol. The van der Waals surface area contributed by atoms with Gasteiger partial charge in [-0.15, -0.1) is 0 Å². The van der Waals surface area contributed by atoms with Crippen molar-refractivity contribution in [3.63, 3.8) is 0 Å². The summed E-state index contributed by atoms with van der Waals surface area (Å²) in [6.45, 7) is 3.67. The Morgan fingerprint density at radius 2 is 2.20 bits per heavy atom. The Kier molecular flexibility index (Phi) is 3.34. The highest BCUT2D eigenvalue weighted by molar-refractivity contribution is 4.94. The van der Waals surface area contributed by atoms with Crippen LogP contribution in [0.5, 0.6) is 0 Å². The van der Waals surface area contributed by atoms with Gasteiger partial charge in [-0.05, 0) is 5.92 Å². The van der Waals surface area contributed by atoms with E-state index < -0.39 is 5.54 Å². The molecule has 0 heterocycles. The van der Waals surface area contributed by atoms with E-state index >= 15 is 0 Å². The SMILES string of the molecule is CC(C)C(N)(CO)CC#N. The average Bonchev–Trinajstić information content (AvgIpc) is 1.88. The van der Waals surface area contributed by atoms with Crippen molar-refractivity contribution in [1.82, 2.24) is 0 Å². The van der Waals surface area contributed by atoms with Gasteiger partial charge in [-0.1, -0.05) is 13.8 Å². The van der Waals surface area contributed by atoms with Crippen LogP contribution < -0.4 is 5.73 Å². The van der Waals surface area contributed by atoms with Crippen molar-refractivity contribution in [2.24, 2.45) is 11.7 Å². The van der Waals surface area contributed by atoms with Crippen molar-refractivity contribution in [1.29, 1.82) is 5.26 Å². The fourth-order valence-corrected chi connectivity index (χ4v) is 0.590. The Balaban J connectivity index is 4.11. The molecule has 0 bridgehead atoms. The zero-order chi connectivity index (χ0) is 8.20. The summed E-state index contributed by atoms with van der Waals surface area (Å²) in [4.78, 5) is 0. The van der Waals surface area contributed by atoms with Crippen LogP contribution in [0.4, 0.5) is 0 Å². The van der Waals surface area contributed by atoms with Crippen molar-refractivity contribution in [3.05, 3.63) is 0 Å². The van der Waals surface area contributed by atoms with Crippen molar-refractivity contribution in [2.75, 3.05) is 6.61 Å². The first kappa shape index (κ1) is 9.41. The predicted molar refractivity (Wildman–Crippen MR) is 39.1 cm³/mol. The van der Waals surface area contributed by atoms with E-state index in [1.807, 2.05) is 19.9 Å². The van der Waals surface area contributed by atoms with Gasteiger partial charge >= 0.3 is 0 Å². The third-order valence-corrected chi connectivity index (χ3v) is 1.85. The summed E-state index contributed by atoms with van der Waals surface area (Å²) >= 11 is 0. The van der Waals surface area contributed by atoms with E-state index in [2.05, 4.69) is 0 Å². The van der Waals surface area contributed by atoms with Crippen LogP contribution in [0.3, 0.4) is 0 Å². The number of nitriles is 1. The number of aliphatic hydroxyl groups is 1. The lowest BCUT2D eigenvalue weighted by Gasteiger charge is -2.28. The normalized spacial score (nSPS) is 16.4. The summed E-state index contributed by atoms with van der Waals surface area (Å²) < 4.78 is 0. The molecular formula is C7H14N2O. The van der Waals surface area contributed by atoms with Gasteiger partial charge in [0.25, 0.3) is 0 Å². The molecule has 1 atom stereocenters. The van der Waals surface area contributed by atoms with Crippen LogP contribution >= 0.6 is 0 Å². The number of nitrogens with two attached hydrogens (primary N) is 1. The molecule has 0 amide bonds. The Morgan fingerprint density at radius 3 is 2.30 bits per heavy atom. The minimum atomic E-state index is -0.714. The molecule has 0 aliphatic carbocycles. The monoisotopic (exact) mass is 142 g/mol. The fourth-order valence-electron chi connectivity index (χ4n) is 0.590. The molecule has 3 heteroatoms. The molecule has 0 saturated heterocycles. The molecule has 0 radical (unpaired) electrons. The van der Waals surface area contributed by atoms with Crippen LogP contribution in [0.25, 0.3) is 0 Å². The first-order valence-electron chi connectivity index (χ1n) is 3.33. The second kappa shape index (κ2) is 3.55. The molecule has 3 N–H and O–H groups in total. The van der Waals surface area contributed by atoms with Crippen LogP contribution in [0.2, 0.25) is 0 Å². The topological polar surface area (TPSA) is 70.0 Å². The quantitative estimate of drug-likeness (QED) is 0.593. The van der Waals surface area contributed by atoms with Gasteiger partial charge in [0, 0.05) is 0 Å². The molecule has 0 aromatic carbocycles. The highest BCUT2D eigenvalue weighted by Gasteiger charge is 2.27. The van der Waals surface area contributed by atoms with Crippen molar-refractivity contribution >= 4 is 0 Å². The van der Waals surface area contributed by atoms with Gasteiger partial charge in [0.2, 0.25) is 0 Å². The van der Waals surface area contributed by atoms with E-state index in [1.165, 1.54) is 0 Å². The molecular weight excluding hydrogens is 128 g/mol. The maximum atomic E-state index is 8.81. The van der Waals surface area contributed by atoms with Gasteiger partial charge in [0.15, 0.2) is 0 Å². The van der Waals surface area contributed by atoms with Gasteiger partial charge in [-0.2, -0.15) is 5.26 Å². The third-order valence-electron chi connectivity index (χ3n) is 1.85. The zero-order valence-corrected chi connectivity index (χ0v) is 6.46. The van der Waals surface area contributed by atoms with Gasteiger partial charge < -0.3 is 10.8 Å². The summed E-state index contributed by atoms with van der Waals surface area (Å²) in [7, 11) is 0. The molecule has 0 aliphatic rings. The first-order chi connectivity index (χ1) is 4.56. The minimum Gasteiger partial charge on any atom is -0.394 e. The first-order valence-corrected chi connectivity index (χ1v) is 3.33. The Hall–Kier alpha value is -0.590. The van der Waals surface area contributed by atoms with Gasteiger partial charge in [-0.25, -0.2) is 0 Å². The molecule has 58 valence electrons. The molecule has 10 heavy (non-hydrogen) atoms. The number of aliphatic hydroxyl groups excluding tert-OH is 1. The summed E-state index contributed by atoms with van der Waals surface area (Å²) in [5, 5.41) is 17.2. The highest BCUT2D eigenvalue weighted by atomic mass is 16.3. The van der Waals surface area contributed by atoms with Crippen LogP contribution in [0.1, 0.15) is 20.3 Å². The number of nitrogens with zero attached hydrogens (tertiary/aromatic N) is 1. The molecule has 0 aliphatic heterocycles.